The van der Waals surface area contributed by atoms with Gasteiger partial charge in [-0.25, -0.2) is 4.98 Å². The van der Waals surface area contributed by atoms with Gasteiger partial charge in [0.2, 0.25) is 5.91 Å². The van der Waals surface area contributed by atoms with Gasteiger partial charge in [-0.1, -0.05) is 6.07 Å². The van der Waals surface area contributed by atoms with Crippen molar-refractivity contribution in [2.75, 3.05) is 20.6 Å². The van der Waals surface area contributed by atoms with Crippen molar-refractivity contribution in [2.24, 2.45) is 0 Å². The second-order valence-corrected chi connectivity index (χ2v) is 6.98. The highest BCUT2D eigenvalue weighted by molar-refractivity contribution is 5.77. The summed E-state index contributed by atoms with van der Waals surface area (Å²) in [4.78, 5) is 25.4. The van der Waals surface area contributed by atoms with Crippen molar-refractivity contribution in [1.82, 2.24) is 24.3 Å². The van der Waals surface area contributed by atoms with Gasteiger partial charge in [-0.15, -0.1) is 0 Å². The smallest absolute Gasteiger partial charge is 0.223 e. The zero-order chi connectivity index (χ0) is 17.6. The molecule has 134 valence electrons. The van der Waals surface area contributed by atoms with Gasteiger partial charge in [-0.2, -0.15) is 0 Å². The molecule has 0 unspecified atom stereocenters. The van der Waals surface area contributed by atoms with E-state index in [1.165, 1.54) is 5.56 Å². The van der Waals surface area contributed by atoms with Crippen molar-refractivity contribution in [3.63, 3.8) is 0 Å². The number of pyridine rings is 1. The number of amides is 1. The van der Waals surface area contributed by atoms with Crippen LogP contribution in [0.25, 0.3) is 0 Å². The average molecular weight is 341 g/mol. The monoisotopic (exact) mass is 341 g/mol. The molecule has 2 aromatic rings. The Morgan fingerprint density at radius 1 is 1.36 bits per heavy atom. The Bertz CT molecular complexity index is 666. The van der Waals surface area contributed by atoms with Crippen LogP contribution in [0.15, 0.2) is 37.1 Å². The highest BCUT2D eigenvalue weighted by atomic mass is 16.2. The molecular weight excluding hydrogens is 314 g/mol. The number of nitrogens with zero attached hydrogens (tertiary/aromatic N) is 5. The summed E-state index contributed by atoms with van der Waals surface area (Å²) in [5, 5.41) is 0. The van der Waals surface area contributed by atoms with Gasteiger partial charge in [0.1, 0.15) is 0 Å². The second-order valence-electron chi connectivity index (χ2n) is 6.98. The normalized spacial score (nSPS) is 17.4. The standard InChI is InChI=1S/C19H27N5O/c1-22(2)14-16-7-8-17(21-13-16)18-5-3-11-24(18)19(25)6-4-10-23-12-9-20-15-23/h7-9,12-13,15,18H,3-6,10-11,14H2,1-2H3/t18-/m0/s1. The molecular formula is C19H27N5O. The minimum atomic E-state index is 0.133. The molecule has 1 aliphatic rings. The van der Waals surface area contributed by atoms with Crippen molar-refractivity contribution in [2.45, 2.75) is 44.8 Å². The number of rotatable bonds is 7. The van der Waals surface area contributed by atoms with E-state index in [2.05, 4.69) is 41.1 Å². The van der Waals surface area contributed by atoms with Crippen LogP contribution < -0.4 is 0 Å². The molecule has 0 spiro atoms. The molecule has 1 fully saturated rings. The number of hydrogen-bond donors (Lipinski definition) is 0. The molecule has 0 N–H and O–H groups in total. The molecule has 3 rings (SSSR count). The lowest BCUT2D eigenvalue weighted by Gasteiger charge is -2.24. The van der Waals surface area contributed by atoms with E-state index in [4.69, 9.17) is 0 Å². The Balaban J connectivity index is 1.56. The van der Waals surface area contributed by atoms with Crippen LogP contribution in [0, 0.1) is 0 Å². The summed E-state index contributed by atoms with van der Waals surface area (Å²) >= 11 is 0. The third-order valence-electron chi connectivity index (χ3n) is 4.63. The van der Waals surface area contributed by atoms with Gasteiger partial charge in [0.15, 0.2) is 0 Å². The van der Waals surface area contributed by atoms with Crippen LogP contribution in [0.1, 0.15) is 43.0 Å². The number of carbonyl (C=O) groups is 1. The van der Waals surface area contributed by atoms with E-state index in [0.29, 0.717) is 6.42 Å². The summed E-state index contributed by atoms with van der Waals surface area (Å²) in [6.45, 7) is 2.56. The van der Waals surface area contributed by atoms with Gasteiger partial charge in [0.05, 0.1) is 18.1 Å². The summed E-state index contributed by atoms with van der Waals surface area (Å²) in [7, 11) is 4.10. The fourth-order valence-corrected chi connectivity index (χ4v) is 3.44. The fraction of sp³-hybridized carbons (Fsp3) is 0.526. The minimum Gasteiger partial charge on any atom is -0.337 e. The lowest BCUT2D eigenvalue weighted by Crippen LogP contribution is -2.31. The Kier molecular flexibility index (Phi) is 5.81. The summed E-state index contributed by atoms with van der Waals surface area (Å²) in [6, 6.07) is 4.34. The van der Waals surface area contributed by atoms with E-state index in [1.54, 1.807) is 12.5 Å². The summed E-state index contributed by atoms with van der Waals surface area (Å²) < 4.78 is 2.01. The van der Waals surface area contributed by atoms with Gasteiger partial charge in [0.25, 0.3) is 0 Å². The molecule has 2 aromatic heterocycles. The summed E-state index contributed by atoms with van der Waals surface area (Å²) in [5.41, 5.74) is 2.22. The number of carbonyl (C=O) groups excluding carboxylic acids is 1. The predicted molar refractivity (Wildman–Crippen MR) is 96.8 cm³/mol. The quantitative estimate of drug-likeness (QED) is 0.776. The van der Waals surface area contributed by atoms with Crippen molar-refractivity contribution < 1.29 is 4.79 Å². The lowest BCUT2D eigenvalue weighted by atomic mass is 10.1. The predicted octanol–water partition coefficient (Wildman–Crippen LogP) is 2.48. The van der Waals surface area contributed by atoms with Crippen LogP contribution in [0.5, 0.6) is 0 Å². The SMILES string of the molecule is CN(C)Cc1ccc([C@@H]2CCCN2C(=O)CCCn2ccnc2)nc1. The van der Waals surface area contributed by atoms with E-state index in [0.717, 1.165) is 44.6 Å². The maximum atomic E-state index is 12.6. The van der Waals surface area contributed by atoms with Crippen molar-refractivity contribution in [3.05, 3.63) is 48.3 Å². The van der Waals surface area contributed by atoms with E-state index < -0.39 is 0 Å². The van der Waals surface area contributed by atoms with Crippen molar-refractivity contribution in [1.29, 1.82) is 0 Å². The molecule has 0 radical (unpaired) electrons. The van der Waals surface area contributed by atoms with Gasteiger partial charge < -0.3 is 14.4 Å². The Labute approximate surface area is 149 Å². The van der Waals surface area contributed by atoms with Gasteiger partial charge in [-0.3, -0.25) is 9.78 Å². The molecule has 6 heteroatoms. The van der Waals surface area contributed by atoms with Gasteiger partial charge in [0, 0.05) is 44.6 Å². The molecule has 1 amide bonds. The fourth-order valence-electron chi connectivity index (χ4n) is 3.44. The zero-order valence-electron chi connectivity index (χ0n) is 15.1. The molecule has 0 bridgehead atoms. The van der Waals surface area contributed by atoms with E-state index in [-0.39, 0.29) is 11.9 Å². The van der Waals surface area contributed by atoms with Gasteiger partial charge >= 0.3 is 0 Å². The van der Waals surface area contributed by atoms with Crippen LogP contribution in [0.2, 0.25) is 0 Å². The number of imidazole rings is 1. The molecule has 25 heavy (non-hydrogen) atoms. The molecule has 0 saturated carbocycles. The van der Waals surface area contributed by atoms with Crippen LogP contribution in [0.4, 0.5) is 0 Å². The Morgan fingerprint density at radius 3 is 2.92 bits per heavy atom. The highest BCUT2D eigenvalue weighted by Gasteiger charge is 2.30. The lowest BCUT2D eigenvalue weighted by molar-refractivity contribution is -0.132. The first-order chi connectivity index (χ1) is 12.1. The van der Waals surface area contributed by atoms with Crippen LogP contribution in [-0.2, 0) is 17.9 Å². The molecule has 1 saturated heterocycles. The molecule has 6 nitrogen and oxygen atoms in total. The first-order valence-electron chi connectivity index (χ1n) is 8.98. The third kappa shape index (κ3) is 4.66. The van der Waals surface area contributed by atoms with Crippen LogP contribution in [0.3, 0.4) is 0 Å². The maximum Gasteiger partial charge on any atom is 0.223 e. The Morgan fingerprint density at radius 2 is 2.24 bits per heavy atom. The average Bonchev–Trinajstić information content (AvgIpc) is 3.26. The molecule has 3 heterocycles. The number of likely N-dealkylation sites (tertiary alicyclic amines) is 1. The van der Waals surface area contributed by atoms with E-state index in [9.17, 15) is 4.79 Å². The van der Waals surface area contributed by atoms with Crippen LogP contribution in [-0.4, -0.2) is 50.9 Å². The van der Waals surface area contributed by atoms with E-state index >= 15 is 0 Å². The zero-order valence-corrected chi connectivity index (χ0v) is 15.1. The number of aromatic nitrogens is 3. The van der Waals surface area contributed by atoms with Crippen molar-refractivity contribution in [3.8, 4) is 0 Å². The second kappa shape index (κ2) is 8.25. The summed E-state index contributed by atoms with van der Waals surface area (Å²) in [6.07, 6.45) is 10.9. The first kappa shape index (κ1) is 17.6. The molecule has 1 aliphatic heterocycles. The molecule has 1 atom stereocenters. The topological polar surface area (TPSA) is 54.3 Å². The number of aryl methyl sites for hydroxylation is 1. The molecule has 0 aromatic carbocycles. The summed E-state index contributed by atoms with van der Waals surface area (Å²) in [5.74, 6) is 0.238. The first-order valence-corrected chi connectivity index (χ1v) is 8.98. The third-order valence-corrected chi connectivity index (χ3v) is 4.63. The van der Waals surface area contributed by atoms with Crippen LogP contribution >= 0.6 is 0 Å². The minimum absolute atomic E-state index is 0.133. The largest absolute Gasteiger partial charge is 0.337 e. The maximum absolute atomic E-state index is 12.6. The number of hydrogen-bond acceptors (Lipinski definition) is 4. The van der Waals surface area contributed by atoms with E-state index in [1.807, 2.05) is 21.9 Å². The van der Waals surface area contributed by atoms with Crippen molar-refractivity contribution >= 4 is 5.91 Å². The highest BCUT2D eigenvalue weighted by Crippen LogP contribution is 2.31. The van der Waals surface area contributed by atoms with Gasteiger partial charge in [-0.05, 0) is 45.0 Å². The molecule has 0 aliphatic carbocycles. The Hall–Kier alpha value is -2.21.